The molecule has 1 N–H and O–H groups in total. The average molecular weight is 238 g/mol. The van der Waals surface area contributed by atoms with Crippen LogP contribution >= 0.6 is 0 Å². The minimum atomic E-state index is -2.96. The molecule has 1 fully saturated rings. The number of alkyl halides is 1. The lowest BCUT2D eigenvalue weighted by Crippen LogP contribution is -2.35. The van der Waals surface area contributed by atoms with E-state index in [1.807, 2.05) is 0 Å². The fourth-order valence-electron chi connectivity index (χ4n) is 1.77. The minimum absolute atomic E-state index is 0.0490. The van der Waals surface area contributed by atoms with Crippen molar-refractivity contribution >= 4 is 15.8 Å². The van der Waals surface area contributed by atoms with E-state index in [9.17, 15) is 17.6 Å². The Balaban J connectivity index is 2.53. The number of carboxylic acid groups (broad SMARTS) is 1. The van der Waals surface area contributed by atoms with Gasteiger partial charge in [0.25, 0.3) is 0 Å². The average Bonchev–Trinajstić information content (AvgIpc) is 2.08. The second-order valence-electron chi connectivity index (χ2n) is 4.30. The summed E-state index contributed by atoms with van der Waals surface area (Å²) in [6.45, 7) is 1.03. The zero-order valence-electron chi connectivity index (χ0n) is 8.57. The number of halogens is 1. The lowest BCUT2D eigenvalue weighted by atomic mass is 9.89. The Morgan fingerprint density at radius 3 is 2.33 bits per heavy atom. The molecule has 0 bridgehead atoms. The zero-order chi connectivity index (χ0) is 11.7. The first-order valence-electron chi connectivity index (χ1n) is 4.86. The third-order valence-corrected chi connectivity index (χ3v) is 4.51. The van der Waals surface area contributed by atoms with Crippen LogP contribution in [-0.4, -0.2) is 36.7 Å². The number of carbonyl (C=O) groups is 1. The molecule has 0 aromatic rings. The van der Waals surface area contributed by atoms with Gasteiger partial charge in [0.1, 0.15) is 9.84 Å². The van der Waals surface area contributed by atoms with Crippen molar-refractivity contribution in [2.24, 2.45) is 5.92 Å². The van der Waals surface area contributed by atoms with Gasteiger partial charge in [0.2, 0.25) is 5.67 Å². The van der Waals surface area contributed by atoms with E-state index in [0.717, 1.165) is 6.92 Å². The van der Waals surface area contributed by atoms with Gasteiger partial charge >= 0.3 is 5.97 Å². The number of hydrogen-bond acceptors (Lipinski definition) is 3. The largest absolute Gasteiger partial charge is 0.479 e. The summed E-state index contributed by atoms with van der Waals surface area (Å²) in [7, 11) is -2.96. The monoisotopic (exact) mass is 238 g/mol. The van der Waals surface area contributed by atoms with Gasteiger partial charge in [0.15, 0.2) is 0 Å². The fraction of sp³-hybridized carbons (Fsp3) is 0.889. The van der Waals surface area contributed by atoms with Crippen LogP contribution in [0.4, 0.5) is 4.39 Å². The predicted molar refractivity (Wildman–Crippen MR) is 53.1 cm³/mol. The van der Waals surface area contributed by atoms with Crippen LogP contribution in [0.25, 0.3) is 0 Å². The molecule has 0 amide bonds. The van der Waals surface area contributed by atoms with E-state index in [-0.39, 0.29) is 23.8 Å². The van der Waals surface area contributed by atoms with Crippen molar-refractivity contribution in [3.63, 3.8) is 0 Å². The lowest BCUT2D eigenvalue weighted by molar-refractivity contribution is -0.150. The molecule has 0 aromatic heterocycles. The second-order valence-corrected chi connectivity index (χ2v) is 6.61. The summed E-state index contributed by atoms with van der Waals surface area (Å²) in [5, 5.41) is 8.58. The quantitative estimate of drug-likeness (QED) is 0.796. The Morgan fingerprint density at radius 2 is 1.93 bits per heavy atom. The van der Waals surface area contributed by atoms with Gasteiger partial charge in [-0.2, -0.15) is 0 Å². The number of carboxylic acids is 1. The molecular weight excluding hydrogens is 223 g/mol. The van der Waals surface area contributed by atoms with Crippen LogP contribution in [0.5, 0.6) is 0 Å². The van der Waals surface area contributed by atoms with Crippen molar-refractivity contribution in [2.75, 3.05) is 11.5 Å². The van der Waals surface area contributed by atoms with E-state index < -0.39 is 21.5 Å². The van der Waals surface area contributed by atoms with Crippen LogP contribution in [0.15, 0.2) is 0 Å². The summed E-state index contributed by atoms with van der Waals surface area (Å²) in [6, 6.07) is 0. The van der Waals surface area contributed by atoms with E-state index in [4.69, 9.17) is 5.11 Å². The number of hydrogen-bond donors (Lipinski definition) is 1. The zero-order valence-corrected chi connectivity index (χ0v) is 9.39. The Bertz CT molecular complexity index is 333. The molecular formula is C9H15FO4S. The highest BCUT2D eigenvalue weighted by molar-refractivity contribution is 7.91. The standard InChI is InChI=1S/C9H15FO4S/c1-9(10,8(11)12)6-7-2-4-15(13,14)5-3-7/h7H,2-6H2,1H3,(H,11,12). The maximum absolute atomic E-state index is 13.4. The number of aliphatic carboxylic acids is 1. The topological polar surface area (TPSA) is 71.4 Å². The van der Waals surface area contributed by atoms with Gasteiger partial charge in [-0.1, -0.05) is 0 Å². The first kappa shape index (κ1) is 12.4. The fourth-order valence-corrected chi connectivity index (χ4v) is 3.36. The predicted octanol–water partition coefficient (Wildman–Crippen LogP) is 1.01. The molecule has 4 nitrogen and oxygen atoms in total. The van der Waals surface area contributed by atoms with Crippen molar-refractivity contribution in [2.45, 2.75) is 31.9 Å². The van der Waals surface area contributed by atoms with Gasteiger partial charge < -0.3 is 5.11 Å². The van der Waals surface area contributed by atoms with E-state index in [2.05, 4.69) is 0 Å². The van der Waals surface area contributed by atoms with Crippen LogP contribution < -0.4 is 0 Å². The molecule has 88 valence electrons. The van der Waals surface area contributed by atoms with Gasteiger partial charge in [-0.3, -0.25) is 0 Å². The van der Waals surface area contributed by atoms with Crippen LogP contribution in [-0.2, 0) is 14.6 Å². The molecule has 0 aliphatic carbocycles. The van der Waals surface area contributed by atoms with E-state index in [1.165, 1.54) is 0 Å². The third kappa shape index (κ3) is 3.44. The summed E-state index contributed by atoms with van der Waals surface area (Å²) in [5.41, 5.74) is -2.24. The minimum Gasteiger partial charge on any atom is -0.479 e. The van der Waals surface area contributed by atoms with Crippen LogP contribution in [0.1, 0.15) is 26.2 Å². The van der Waals surface area contributed by atoms with Crippen LogP contribution in [0.3, 0.4) is 0 Å². The Morgan fingerprint density at radius 1 is 1.47 bits per heavy atom. The van der Waals surface area contributed by atoms with Gasteiger partial charge in [-0.25, -0.2) is 17.6 Å². The van der Waals surface area contributed by atoms with Crippen molar-refractivity contribution in [3.05, 3.63) is 0 Å². The van der Waals surface area contributed by atoms with E-state index in [1.54, 1.807) is 0 Å². The molecule has 15 heavy (non-hydrogen) atoms. The van der Waals surface area contributed by atoms with Gasteiger partial charge in [-0.05, 0) is 32.1 Å². The highest BCUT2D eigenvalue weighted by Gasteiger charge is 2.37. The molecule has 0 radical (unpaired) electrons. The lowest BCUT2D eigenvalue weighted by Gasteiger charge is -2.26. The van der Waals surface area contributed by atoms with E-state index >= 15 is 0 Å². The summed E-state index contributed by atoms with van der Waals surface area (Å²) >= 11 is 0. The van der Waals surface area contributed by atoms with Gasteiger partial charge in [0.05, 0.1) is 11.5 Å². The summed E-state index contributed by atoms with van der Waals surface area (Å²) in [6.07, 6.45) is 0.641. The second kappa shape index (κ2) is 4.08. The first-order chi connectivity index (χ1) is 6.73. The van der Waals surface area contributed by atoms with Gasteiger partial charge in [0, 0.05) is 0 Å². The summed E-state index contributed by atoms with van der Waals surface area (Å²) in [5.74, 6) is -1.52. The van der Waals surface area contributed by atoms with Crippen molar-refractivity contribution in [1.29, 1.82) is 0 Å². The third-order valence-electron chi connectivity index (χ3n) is 2.79. The summed E-state index contributed by atoms with van der Waals surface area (Å²) < 4.78 is 35.6. The molecule has 0 aromatic carbocycles. The van der Waals surface area contributed by atoms with Gasteiger partial charge in [-0.15, -0.1) is 0 Å². The summed E-state index contributed by atoms with van der Waals surface area (Å²) in [4.78, 5) is 10.5. The Hall–Kier alpha value is -0.650. The Kier molecular flexibility index (Phi) is 3.38. The molecule has 1 aliphatic rings. The molecule has 1 unspecified atom stereocenters. The van der Waals surface area contributed by atoms with E-state index in [0.29, 0.717) is 12.8 Å². The SMILES string of the molecule is CC(F)(CC1CCS(=O)(=O)CC1)C(=O)O. The molecule has 1 heterocycles. The molecule has 6 heteroatoms. The molecule has 0 spiro atoms. The molecule has 1 saturated heterocycles. The smallest absolute Gasteiger partial charge is 0.341 e. The molecule has 1 aliphatic heterocycles. The highest BCUT2D eigenvalue weighted by atomic mass is 32.2. The highest BCUT2D eigenvalue weighted by Crippen LogP contribution is 2.29. The number of rotatable bonds is 3. The van der Waals surface area contributed by atoms with Crippen LogP contribution in [0.2, 0.25) is 0 Å². The maximum atomic E-state index is 13.4. The van der Waals surface area contributed by atoms with Crippen molar-refractivity contribution in [3.8, 4) is 0 Å². The maximum Gasteiger partial charge on any atom is 0.341 e. The van der Waals surface area contributed by atoms with Crippen molar-refractivity contribution < 1.29 is 22.7 Å². The van der Waals surface area contributed by atoms with Crippen LogP contribution in [0, 0.1) is 5.92 Å². The number of sulfone groups is 1. The Labute approximate surface area is 88.4 Å². The molecule has 0 saturated carbocycles. The normalized spacial score (nSPS) is 25.7. The molecule has 1 rings (SSSR count). The van der Waals surface area contributed by atoms with Crippen molar-refractivity contribution in [1.82, 2.24) is 0 Å². The first-order valence-corrected chi connectivity index (χ1v) is 6.68. The molecule has 1 atom stereocenters.